The van der Waals surface area contributed by atoms with Gasteiger partial charge in [-0.05, 0) is 36.4 Å². The monoisotopic (exact) mass is 253 g/mol. The molecule has 5 nitrogen and oxygen atoms in total. The van der Waals surface area contributed by atoms with Crippen LogP contribution in [0.2, 0.25) is 0 Å². The minimum atomic E-state index is -0.442. The van der Waals surface area contributed by atoms with E-state index in [0.717, 1.165) is 0 Å². The van der Waals surface area contributed by atoms with Crippen molar-refractivity contribution in [1.29, 1.82) is 5.26 Å². The molecule has 0 spiro atoms. The molecule has 5 heteroatoms. The van der Waals surface area contributed by atoms with Crippen LogP contribution in [0, 0.1) is 11.3 Å². The number of nitrogen functional groups attached to an aromatic ring is 1. The number of benzene rings is 2. The number of amides is 1. The Hall–Kier alpha value is -3.00. The van der Waals surface area contributed by atoms with Gasteiger partial charge < -0.3 is 16.2 Å². The molecule has 0 atom stereocenters. The van der Waals surface area contributed by atoms with Gasteiger partial charge in [-0.3, -0.25) is 4.79 Å². The zero-order valence-electron chi connectivity index (χ0n) is 9.92. The molecule has 0 radical (unpaired) electrons. The number of nitrogens with two attached hydrogens (primary N) is 1. The second-order valence-corrected chi connectivity index (χ2v) is 3.92. The lowest BCUT2D eigenvalue weighted by molar-refractivity contribution is 0.102. The molecule has 1 amide bonds. The van der Waals surface area contributed by atoms with Crippen LogP contribution in [0.1, 0.15) is 15.9 Å². The summed E-state index contributed by atoms with van der Waals surface area (Å²) in [7, 11) is 0. The number of phenols is 1. The van der Waals surface area contributed by atoms with Gasteiger partial charge in [-0.2, -0.15) is 5.26 Å². The molecule has 0 aliphatic heterocycles. The van der Waals surface area contributed by atoms with Crippen LogP contribution in [0.4, 0.5) is 11.4 Å². The molecule has 2 aromatic rings. The number of nitrogens with zero attached hydrogens (tertiary/aromatic N) is 1. The quantitative estimate of drug-likeness (QED) is 0.713. The number of rotatable bonds is 2. The van der Waals surface area contributed by atoms with Crippen molar-refractivity contribution >= 4 is 17.3 Å². The molecule has 0 heterocycles. The number of carbonyl (C=O) groups excluding carboxylic acids is 1. The van der Waals surface area contributed by atoms with Gasteiger partial charge in [-0.1, -0.05) is 0 Å². The zero-order valence-corrected chi connectivity index (χ0v) is 9.92. The SMILES string of the molecule is N#Cc1ccc(NC(=O)c2ccc(N)cc2O)cc1. The molecular weight excluding hydrogens is 242 g/mol. The van der Waals surface area contributed by atoms with E-state index in [0.29, 0.717) is 16.9 Å². The van der Waals surface area contributed by atoms with Crippen molar-refractivity contribution in [2.45, 2.75) is 0 Å². The van der Waals surface area contributed by atoms with E-state index < -0.39 is 5.91 Å². The molecule has 0 fully saturated rings. The maximum atomic E-state index is 11.9. The van der Waals surface area contributed by atoms with E-state index in [1.54, 1.807) is 24.3 Å². The number of carbonyl (C=O) groups is 1. The fourth-order valence-electron chi connectivity index (χ4n) is 1.57. The zero-order chi connectivity index (χ0) is 13.8. The van der Waals surface area contributed by atoms with Crippen molar-refractivity contribution in [1.82, 2.24) is 0 Å². The maximum Gasteiger partial charge on any atom is 0.259 e. The molecule has 0 bridgehead atoms. The highest BCUT2D eigenvalue weighted by atomic mass is 16.3. The van der Waals surface area contributed by atoms with Crippen molar-refractivity contribution in [2.75, 3.05) is 11.1 Å². The number of hydrogen-bond acceptors (Lipinski definition) is 4. The highest BCUT2D eigenvalue weighted by Crippen LogP contribution is 2.21. The number of hydrogen-bond donors (Lipinski definition) is 3. The number of anilines is 2. The summed E-state index contributed by atoms with van der Waals surface area (Å²) in [5, 5.41) is 20.9. The lowest BCUT2D eigenvalue weighted by Crippen LogP contribution is -2.12. The molecule has 2 aromatic carbocycles. The predicted molar refractivity (Wildman–Crippen MR) is 71.6 cm³/mol. The van der Waals surface area contributed by atoms with Gasteiger partial charge >= 0.3 is 0 Å². The second-order valence-electron chi connectivity index (χ2n) is 3.92. The average Bonchev–Trinajstić information content (AvgIpc) is 2.39. The van der Waals surface area contributed by atoms with Crippen molar-refractivity contribution in [3.63, 3.8) is 0 Å². The molecule has 0 aliphatic rings. The maximum absolute atomic E-state index is 11.9. The summed E-state index contributed by atoms with van der Waals surface area (Å²) in [4.78, 5) is 11.9. The largest absolute Gasteiger partial charge is 0.507 e. The van der Waals surface area contributed by atoms with Crippen LogP contribution in [0.5, 0.6) is 5.75 Å². The number of phenolic OH excluding ortho intramolecular Hbond substituents is 1. The third kappa shape index (κ3) is 2.82. The summed E-state index contributed by atoms with van der Waals surface area (Å²) in [6.45, 7) is 0. The van der Waals surface area contributed by atoms with Crippen LogP contribution < -0.4 is 11.1 Å². The first-order chi connectivity index (χ1) is 9.10. The smallest absolute Gasteiger partial charge is 0.259 e. The number of aromatic hydroxyl groups is 1. The van der Waals surface area contributed by atoms with Gasteiger partial charge in [0.15, 0.2) is 0 Å². The van der Waals surface area contributed by atoms with Gasteiger partial charge in [-0.15, -0.1) is 0 Å². The van der Waals surface area contributed by atoms with Crippen LogP contribution >= 0.6 is 0 Å². The molecule has 0 unspecified atom stereocenters. The highest BCUT2D eigenvalue weighted by molar-refractivity contribution is 6.06. The van der Waals surface area contributed by atoms with Crippen LogP contribution in [0.25, 0.3) is 0 Å². The second kappa shape index (κ2) is 5.10. The molecule has 0 saturated heterocycles. The molecule has 0 aliphatic carbocycles. The van der Waals surface area contributed by atoms with Crippen molar-refractivity contribution < 1.29 is 9.90 Å². The van der Waals surface area contributed by atoms with Crippen LogP contribution in [-0.2, 0) is 0 Å². The normalized spacial score (nSPS) is 9.63. The van der Waals surface area contributed by atoms with E-state index in [-0.39, 0.29) is 11.3 Å². The minimum absolute atomic E-state index is 0.138. The van der Waals surface area contributed by atoms with Gasteiger partial charge in [0.1, 0.15) is 5.75 Å². The first-order valence-electron chi connectivity index (χ1n) is 5.50. The van der Waals surface area contributed by atoms with Crippen molar-refractivity contribution in [3.05, 3.63) is 53.6 Å². The van der Waals surface area contributed by atoms with Crippen LogP contribution in [0.15, 0.2) is 42.5 Å². The summed E-state index contributed by atoms with van der Waals surface area (Å²) < 4.78 is 0. The van der Waals surface area contributed by atoms with E-state index >= 15 is 0 Å². The fraction of sp³-hybridized carbons (Fsp3) is 0. The fourth-order valence-corrected chi connectivity index (χ4v) is 1.57. The Bertz CT molecular complexity index is 657. The topological polar surface area (TPSA) is 99.1 Å². The highest BCUT2D eigenvalue weighted by Gasteiger charge is 2.11. The van der Waals surface area contributed by atoms with Gasteiger partial charge in [0.25, 0.3) is 5.91 Å². The Balaban J connectivity index is 2.18. The summed E-state index contributed by atoms with van der Waals surface area (Å²) >= 11 is 0. The van der Waals surface area contributed by atoms with Gasteiger partial charge in [0, 0.05) is 17.4 Å². The van der Waals surface area contributed by atoms with Crippen LogP contribution in [-0.4, -0.2) is 11.0 Å². The lowest BCUT2D eigenvalue weighted by atomic mass is 10.1. The standard InChI is InChI=1S/C14H11N3O2/c15-8-9-1-4-11(5-2-9)17-14(19)12-6-3-10(16)7-13(12)18/h1-7,18H,16H2,(H,17,19). The first kappa shape index (κ1) is 12.5. The summed E-state index contributed by atoms with van der Waals surface area (Å²) in [6.07, 6.45) is 0. The Kier molecular flexibility index (Phi) is 3.35. The predicted octanol–water partition coefficient (Wildman–Crippen LogP) is 2.10. The van der Waals surface area contributed by atoms with Gasteiger partial charge in [0.05, 0.1) is 17.2 Å². The third-order valence-corrected chi connectivity index (χ3v) is 2.54. The van der Waals surface area contributed by atoms with Gasteiger partial charge in [-0.25, -0.2) is 0 Å². The van der Waals surface area contributed by atoms with E-state index in [1.807, 2.05) is 6.07 Å². The summed E-state index contributed by atoms with van der Waals surface area (Å²) in [6, 6.07) is 12.7. The first-order valence-corrected chi connectivity index (χ1v) is 5.50. The Morgan fingerprint density at radius 2 is 1.89 bits per heavy atom. The Labute approximate surface area is 109 Å². The van der Waals surface area contributed by atoms with E-state index in [2.05, 4.69) is 5.32 Å². The van der Waals surface area contributed by atoms with E-state index in [1.165, 1.54) is 18.2 Å². The Morgan fingerprint density at radius 1 is 1.21 bits per heavy atom. The number of nitriles is 1. The molecule has 4 N–H and O–H groups in total. The molecule has 19 heavy (non-hydrogen) atoms. The number of nitrogens with one attached hydrogen (secondary N) is 1. The molecule has 2 rings (SSSR count). The van der Waals surface area contributed by atoms with Crippen molar-refractivity contribution in [2.24, 2.45) is 0 Å². The molecular formula is C14H11N3O2. The summed E-state index contributed by atoms with van der Waals surface area (Å²) in [5.74, 6) is -0.617. The summed E-state index contributed by atoms with van der Waals surface area (Å²) in [5.41, 5.74) is 7.06. The average molecular weight is 253 g/mol. The van der Waals surface area contributed by atoms with E-state index in [4.69, 9.17) is 11.0 Å². The van der Waals surface area contributed by atoms with Crippen molar-refractivity contribution in [3.8, 4) is 11.8 Å². The molecule has 0 saturated carbocycles. The Morgan fingerprint density at radius 3 is 2.47 bits per heavy atom. The molecule has 0 aromatic heterocycles. The minimum Gasteiger partial charge on any atom is -0.507 e. The van der Waals surface area contributed by atoms with Gasteiger partial charge in [0.2, 0.25) is 0 Å². The lowest BCUT2D eigenvalue weighted by Gasteiger charge is -2.07. The van der Waals surface area contributed by atoms with E-state index in [9.17, 15) is 9.90 Å². The van der Waals surface area contributed by atoms with Crippen LogP contribution in [0.3, 0.4) is 0 Å². The molecule has 94 valence electrons. The third-order valence-electron chi connectivity index (χ3n) is 2.54.